The number of aryl methyl sites for hydroxylation is 2. The Morgan fingerprint density at radius 1 is 1.28 bits per heavy atom. The van der Waals surface area contributed by atoms with Crippen molar-refractivity contribution in [3.8, 4) is 0 Å². The predicted octanol–water partition coefficient (Wildman–Crippen LogP) is 2.29. The highest BCUT2D eigenvalue weighted by Crippen LogP contribution is 2.26. The second-order valence-electron chi connectivity index (χ2n) is 5.18. The first-order valence-electron chi connectivity index (χ1n) is 6.62. The van der Waals surface area contributed by atoms with Gasteiger partial charge in [-0.2, -0.15) is 0 Å². The minimum atomic E-state index is 0.0348. The van der Waals surface area contributed by atoms with Crippen LogP contribution in [0.4, 0.5) is 0 Å². The topological polar surface area (TPSA) is 40.5 Å². The van der Waals surface area contributed by atoms with E-state index >= 15 is 0 Å². The molecule has 0 radical (unpaired) electrons. The molecule has 1 fully saturated rings. The number of amides is 1. The van der Waals surface area contributed by atoms with Gasteiger partial charge in [0.1, 0.15) is 0 Å². The number of carbonyl (C=O) groups is 1. The molecule has 1 saturated carbocycles. The molecule has 3 nitrogen and oxygen atoms in total. The number of hydrogen-bond donors (Lipinski definition) is 1. The molecule has 1 aliphatic carbocycles. The monoisotopic (exact) mass is 247 g/mol. The molecular weight excluding hydrogens is 226 g/mol. The Bertz CT molecular complexity index is 418. The molecule has 0 heterocycles. The number of nitrogens with zero attached hydrogens (tertiary/aromatic N) is 1. The minimum Gasteiger partial charge on any atom is -0.395 e. The van der Waals surface area contributed by atoms with Crippen molar-refractivity contribution >= 4 is 5.91 Å². The van der Waals surface area contributed by atoms with E-state index in [-0.39, 0.29) is 12.5 Å². The summed E-state index contributed by atoms with van der Waals surface area (Å²) < 4.78 is 0. The molecule has 0 bridgehead atoms. The maximum Gasteiger partial charge on any atom is 0.254 e. The van der Waals surface area contributed by atoms with Gasteiger partial charge in [0.2, 0.25) is 0 Å². The van der Waals surface area contributed by atoms with Crippen molar-refractivity contribution in [1.82, 2.24) is 4.90 Å². The summed E-state index contributed by atoms with van der Waals surface area (Å²) in [5.41, 5.74) is 2.96. The molecule has 2 rings (SSSR count). The Morgan fingerprint density at radius 3 is 2.33 bits per heavy atom. The van der Waals surface area contributed by atoms with E-state index in [0.717, 1.165) is 29.5 Å². The van der Waals surface area contributed by atoms with Crippen LogP contribution in [0.3, 0.4) is 0 Å². The number of aliphatic hydroxyl groups excluding tert-OH is 1. The minimum absolute atomic E-state index is 0.0348. The normalized spacial score (nSPS) is 15.3. The number of rotatable bonds is 4. The summed E-state index contributed by atoms with van der Waals surface area (Å²) in [6.45, 7) is 4.48. The van der Waals surface area contributed by atoms with Gasteiger partial charge < -0.3 is 10.0 Å². The summed E-state index contributed by atoms with van der Waals surface area (Å²) in [5, 5.41) is 9.12. The lowest BCUT2D eigenvalue weighted by atomic mass is 9.90. The molecule has 3 heteroatoms. The lowest BCUT2D eigenvalue weighted by Crippen LogP contribution is -2.45. The SMILES string of the molecule is Cc1cc(C)cc(C(=O)N(CCO)C2CCC2)c1. The van der Waals surface area contributed by atoms with Crippen LogP contribution in [0.15, 0.2) is 18.2 Å². The Kier molecular flexibility index (Phi) is 4.02. The molecule has 1 aromatic rings. The van der Waals surface area contributed by atoms with Gasteiger partial charge in [-0.25, -0.2) is 0 Å². The molecule has 1 aromatic carbocycles. The Hall–Kier alpha value is -1.35. The average molecular weight is 247 g/mol. The summed E-state index contributed by atoms with van der Waals surface area (Å²) in [6.07, 6.45) is 3.32. The van der Waals surface area contributed by atoms with Crippen LogP contribution in [0.5, 0.6) is 0 Å². The van der Waals surface area contributed by atoms with E-state index in [1.165, 1.54) is 6.42 Å². The lowest BCUT2D eigenvalue weighted by molar-refractivity contribution is 0.0525. The number of carbonyl (C=O) groups excluding carboxylic acids is 1. The molecule has 0 aliphatic heterocycles. The van der Waals surface area contributed by atoms with E-state index in [9.17, 15) is 4.79 Å². The highest BCUT2D eigenvalue weighted by molar-refractivity contribution is 5.94. The van der Waals surface area contributed by atoms with Crippen molar-refractivity contribution in [3.63, 3.8) is 0 Å². The maximum atomic E-state index is 12.5. The van der Waals surface area contributed by atoms with E-state index in [1.54, 1.807) is 0 Å². The number of hydrogen-bond acceptors (Lipinski definition) is 2. The molecule has 1 amide bonds. The highest BCUT2D eigenvalue weighted by atomic mass is 16.3. The van der Waals surface area contributed by atoms with Gasteiger partial charge >= 0.3 is 0 Å². The van der Waals surface area contributed by atoms with E-state index in [0.29, 0.717) is 12.6 Å². The molecule has 0 atom stereocenters. The predicted molar refractivity (Wildman–Crippen MR) is 71.7 cm³/mol. The molecule has 1 aliphatic rings. The molecule has 18 heavy (non-hydrogen) atoms. The van der Waals surface area contributed by atoms with Crippen LogP contribution in [0.25, 0.3) is 0 Å². The third kappa shape index (κ3) is 2.72. The van der Waals surface area contributed by atoms with Gasteiger partial charge in [-0.15, -0.1) is 0 Å². The van der Waals surface area contributed by atoms with Crippen LogP contribution >= 0.6 is 0 Å². The van der Waals surface area contributed by atoms with Crippen molar-refractivity contribution in [1.29, 1.82) is 0 Å². The van der Waals surface area contributed by atoms with E-state index in [4.69, 9.17) is 5.11 Å². The molecule has 0 saturated heterocycles. The van der Waals surface area contributed by atoms with Crippen molar-refractivity contribution in [2.45, 2.75) is 39.2 Å². The van der Waals surface area contributed by atoms with Gasteiger partial charge in [-0.3, -0.25) is 4.79 Å². The highest BCUT2D eigenvalue weighted by Gasteiger charge is 2.28. The van der Waals surface area contributed by atoms with Crippen LogP contribution in [0.2, 0.25) is 0 Å². The summed E-state index contributed by atoms with van der Waals surface area (Å²) in [5.74, 6) is 0.0561. The second kappa shape index (κ2) is 5.53. The Morgan fingerprint density at radius 2 is 1.89 bits per heavy atom. The number of aliphatic hydroxyl groups is 1. The number of benzene rings is 1. The quantitative estimate of drug-likeness (QED) is 0.886. The van der Waals surface area contributed by atoms with Crippen LogP contribution < -0.4 is 0 Å². The molecule has 1 N–H and O–H groups in total. The van der Waals surface area contributed by atoms with E-state index in [2.05, 4.69) is 6.07 Å². The van der Waals surface area contributed by atoms with Crippen molar-refractivity contribution in [2.75, 3.05) is 13.2 Å². The zero-order valence-electron chi connectivity index (χ0n) is 11.1. The summed E-state index contributed by atoms with van der Waals surface area (Å²) >= 11 is 0. The first-order valence-corrected chi connectivity index (χ1v) is 6.62. The fourth-order valence-electron chi connectivity index (χ4n) is 2.52. The molecule has 0 aromatic heterocycles. The second-order valence-corrected chi connectivity index (χ2v) is 5.18. The zero-order chi connectivity index (χ0) is 13.1. The van der Waals surface area contributed by atoms with Crippen LogP contribution in [0, 0.1) is 13.8 Å². The largest absolute Gasteiger partial charge is 0.395 e. The lowest BCUT2D eigenvalue weighted by Gasteiger charge is -2.37. The van der Waals surface area contributed by atoms with Crippen molar-refractivity contribution in [2.24, 2.45) is 0 Å². The fraction of sp³-hybridized carbons (Fsp3) is 0.533. The smallest absolute Gasteiger partial charge is 0.254 e. The standard InChI is InChI=1S/C15H21NO2/c1-11-8-12(2)10-13(9-11)15(18)16(6-7-17)14-4-3-5-14/h8-10,14,17H,3-7H2,1-2H3. The third-order valence-corrected chi connectivity index (χ3v) is 3.59. The van der Waals surface area contributed by atoms with Gasteiger partial charge in [-0.05, 0) is 45.2 Å². The van der Waals surface area contributed by atoms with Crippen LogP contribution in [-0.4, -0.2) is 35.1 Å². The van der Waals surface area contributed by atoms with Gasteiger partial charge in [0, 0.05) is 18.2 Å². The van der Waals surface area contributed by atoms with Crippen molar-refractivity contribution < 1.29 is 9.90 Å². The maximum absolute atomic E-state index is 12.5. The average Bonchev–Trinajstić information content (AvgIpc) is 2.23. The van der Waals surface area contributed by atoms with Gasteiger partial charge in [0.25, 0.3) is 5.91 Å². The molecule has 0 unspecified atom stereocenters. The van der Waals surface area contributed by atoms with Gasteiger partial charge in [0.05, 0.1) is 6.61 Å². The van der Waals surface area contributed by atoms with Gasteiger partial charge in [-0.1, -0.05) is 17.2 Å². The molecule has 0 spiro atoms. The summed E-state index contributed by atoms with van der Waals surface area (Å²) in [7, 11) is 0. The third-order valence-electron chi connectivity index (χ3n) is 3.59. The van der Waals surface area contributed by atoms with E-state index < -0.39 is 0 Å². The molecule has 98 valence electrons. The first-order chi connectivity index (χ1) is 8.61. The Labute approximate surface area is 108 Å². The van der Waals surface area contributed by atoms with E-state index in [1.807, 2.05) is 30.9 Å². The Balaban J connectivity index is 2.21. The van der Waals surface area contributed by atoms with Crippen LogP contribution in [0.1, 0.15) is 40.7 Å². The summed E-state index contributed by atoms with van der Waals surface area (Å²) in [4.78, 5) is 14.3. The first kappa shape index (κ1) is 13.1. The molecular formula is C15H21NO2. The summed E-state index contributed by atoms with van der Waals surface area (Å²) in [6, 6.07) is 6.25. The zero-order valence-corrected chi connectivity index (χ0v) is 11.1. The fourth-order valence-corrected chi connectivity index (χ4v) is 2.52. The van der Waals surface area contributed by atoms with Gasteiger partial charge in [0.15, 0.2) is 0 Å². The van der Waals surface area contributed by atoms with Crippen LogP contribution in [-0.2, 0) is 0 Å². The van der Waals surface area contributed by atoms with Crippen molar-refractivity contribution in [3.05, 3.63) is 34.9 Å².